The Bertz CT molecular complexity index is 770. The second-order valence-electron chi connectivity index (χ2n) is 4.75. The van der Waals surface area contributed by atoms with Crippen LogP contribution in [0.5, 0.6) is 0 Å². The molecule has 7 heteroatoms. The van der Waals surface area contributed by atoms with Gasteiger partial charge in [-0.25, -0.2) is 4.98 Å². The molecule has 1 aromatic heterocycles. The first-order chi connectivity index (χ1) is 10.6. The van der Waals surface area contributed by atoms with Crippen LogP contribution >= 0.6 is 23.4 Å². The number of halogens is 1. The molecule has 0 amide bonds. The van der Waals surface area contributed by atoms with Gasteiger partial charge in [0.05, 0.1) is 22.2 Å². The molecule has 1 unspecified atom stereocenters. The molecule has 0 saturated carbocycles. The predicted molar refractivity (Wildman–Crippen MR) is 88.4 cm³/mol. The van der Waals surface area contributed by atoms with Gasteiger partial charge in [0.15, 0.2) is 5.16 Å². The van der Waals surface area contributed by atoms with Crippen LogP contribution in [0.2, 0.25) is 5.02 Å². The number of ether oxygens (including phenoxy) is 1. The quantitative estimate of drug-likeness (QED) is 0.460. The third-order valence-electron chi connectivity index (χ3n) is 3.08. The SMILES string of the molecule is COCCCn1c(SC(C)C#N)nc2cc(Cl)ccc2c1=O. The molecule has 0 fully saturated rings. The number of aromatic nitrogens is 2. The number of nitriles is 1. The zero-order chi connectivity index (χ0) is 16.1. The summed E-state index contributed by atoms with van der Waals surface area (Å²) in [5, 5.41) is 10.3. The lowest BCUT2D eigenvalue weighted by Gasteiger charge is -2.13. The largest absolute Gasteiger partial charge is 0.385 e. The maximum Gasteiger partial charge on any atom is 0.262 e. The van der Waals surface area contributed by atoms with E-state index in [4.69, 9.17) is 21.6 Å². The van der Waals surface area contributed by atoms with Crippen LogP contribution in [0.1, 0.15) is 13.3 Å². The summed E-state index contributed by atoms with van der Waals surface area (Å²) < 4.78 is 6.64. The fourth-order valence-corrected chi connectivity index (χ4v) is 3.00. The van der Waals surface area contributed by atoms with Gasteiger partial charge < -0.3 is 4.74 Å². The molecule has 0 spiro atoms. The van der Waals surface area contributed by atoms with Crippen molar-refractivity contribution in [2.24, 2.45) is 0 Å². The van der Waals surface area contributed by atoms with Gasteiger partial charge in [0.25, 0.3) is 5.56 Å². The molecule has 0 N–H and O–H groups in total. The monoisotopic (exact) mass is 337 g/mol. The lowest BCUT2D eigenvalue weighted by atomic mass is 10.2. The number of rotatable bonds is 6. The number of thioether (sulfide) groups is 1. The molecular formula is C15H16ClN3O2S. The van der Waals surface area contributed by atoms with Gasteiger partial charge in [0.1, 0.15) is 0 Å². The summed E-state index contributed by atoms with van der Waals surface area (Å²) in [6, 6.07) is 7.17. The fraction of sp³-hybridized carbons (Fsp3) is 0.400. The van der Waals surface area contributed by atoms with Crippen molar-refractivity contribution in [2.75, 3.05) is 13.7 Å². The lowest BCUT2D eigenvalue weighted by molar-refractivity contribution is 0.189. The molecule has 0 radical (unpaired) electrons. The van der Waals surface area contributed by atoms with Crippen molar-refractivity contribution in [2.45, 2.75) is 30.3 Å². The third-order valence-corrected chi connectivity index (χ3v) is 4.29. The van der Waals surface area contributed by atoms with Crippen molar-refractivity contribution < 1.29 is 4.74 Å². The second kappa shape index (κ2) is 7.63. The Morgan fingerprint density at radius 1 is 1.55 bits per heavy atom. The Balaban J connectivity index is 2.54. The van der Waals surface area contributed by atoms with Crippen LogP contribution in [-0.4, -0.2) is 28.5 Å². The van der Waals surface area contributed by atoms with Gasteiger partial charge in [0, 0.05) is 25.3 Å². The van der Waals surface area contributed by atoms with E-state index in [9.17, 15) is 4.79 Å². The predicted octanol–water partition coefficient (Wildman–Crippen LogP) is 3.09. The van der Waals surface area contributed by atoms with E-state index in [0.29, 0.717) is 40.7 Å². The summed E-state index contributed by atoms with van der Waals surface area (Å²) in [6.07, 6.45) is 0.700. The first-order valence-corrected chi connectivity index (χ1v) is 8.08. The first kappa shape index (κ1) is 16.8. The Morgan fingerprint density at radius 3 is 3.00 bits per heavy atom. The minimum absolute atomic E-state index is 0.120. The minimum Gasteiger partial charge on any atom is -0.385 e. The molecule has 0 saturated heterocycles. The molecule has 5 nitrogen and oxygen atoms in total. The summed E-state index contributed by atoms with van der Waals surface area (Å²) >= 11 is 7.24. The highest BCUT2D eigenvalue weighted by Crippen LogP contribution is 2.23. The highest BCUT2D eigenvalue weighted by atomic mass is 35.5. The van der Waals surface area contributed by atoms with E-state index in [0.717, 1.165) is 0 Å². The molecule has 1 aromatic carbocycles. The average molecular weight is 338 g/mol. The molecular weight excluding hydrogens is 322 g/mol. The number of methoxy groups -OCH3 is 1. The van der Waals surface area contributed by atoms with E-state index >= 15 is 0 Å². The molecule has 0 aliphatic heterocycles. The van der Waals surface area contributed by atoms with Gasteiger partial charge in [-0.2, -0.15) is 5.26 Å². The van der Waals surface area contributed by atoms with E-state index < -0.39 is 0 Å². The molecule has 1 heterocycles. The van der Waals surface area contributed by atoms with E-state index in [1.54, 1.807) is 36.8 Å². The summed E-state index contributed by atoms with van der Waals surface area (Å²) in [4.78, 5) is 17.2. The first-order valence-electron chi connectivity index (χ1n) is 6.82. The molecule has 2 aromatic rings. The summed E-state index contributed by atoms with van der Waals surface area (Å²) in [5.41, 5.74) is 0.429. The fourth-order valence-electron chi connectivity index (χ4n) is 2.01. The topological polar surface area (TPSA) is 67.9 Å². The molecule has 1 atom stereocenters. The number of benzene rings is 1. The van der Waals surface area contributed by atoms with Gasteiger partial charge in [-0.05, 0) is 31.5 Å². The van der Waals surface area contributed by atoms with Crippen LogP contribution in [0.15, 0.2) is 28.2 Å². The highest BCUT2D eigenvalue weighted by Gasteiger charge is 2.14. The maximum atomic E-state index is 12.7. The standard InChI is InChI=1S/C15H16ClN3O2S/c1-10(9-17)22-15-18-13-8-11(16)4-5-12(13)14(20)19(15)6-3-7-21-2/h4-5,8,10H,3,6-7H2,1-2H3. The van der Waals surface area contributed by atoms with Crippen molar-refractivity contribution in [1.29, 1.82) is 5.26 Å². The summed E-state index contributed by atoms with van der Waals surface area (Å²) in [6.45, 7) is 2.83. The number of fused-ring (bicyclic) bond motifs is 1. The van der Waals surface area contributed by atoms with Crippen LogP contribution in [0.4, 0.5) is 0 Å². The van der Waals surface area contributed by atoms with Crippen molar-refractivity contribution in [3.05, 3.63) is 33.6 Å². The molecule has 0 bridgehead atoms. The van der Waals surface area contributed by atoms with Crippen molar-refractivity contribution in [3.63, 3.8) is 0 Å². The molecule has 22 heavy (non-hydrogen) atoms. The van der Waals surface area contributed by atoms with Crippen LogP contribution in [0.3, 0.4) is 0 Å². The van der Waals surface area contributed by atoms with Crippen LogP contribution in [0, 0.1) is 11.3 Å². The van der Waals surface area contributed by atoms with E-state index in [1.807, 2.05) is 0 Å². The van der Waals surface area contributed by atoms with Gasteiger partial charge in [-0.3, -0.25) is 9.36 Å². The minimum atomic E-state index is -0.294. The van der Waals surface area contributed by atoms with Gasteiger partial charge in [-0.1, -0.05) is 23.4 Å². The number of nitrogens with zero attached hydrogens (tertiary/aromatic N) is 3. The number of hydrogen-bond acceptors (Lipinski definition) is 5. The van der Waals surface area contributed by atoms with Crippen molar-refractivity contribution >= 4 is 34.3 Å². The smallest absolute Gasteiger partial charge is 0.262 e. The Hall–Kier alpha value is -1.55. The normalized spacial score (nSPS) is 12.3. The van der Waals surface area contributed by atoms with Gasteiger partial charge >= 0.3 is 0 Å². The molecule has 116 valence electrons. The van der Waals surface area contributed by atoms with E-state index in [1.165, 1.54) is 11.8 Å². The third kappa shape index (κ3) is 3.80. The lowest BCUT2D eigenvalue weighted by Crippen LogP contribution is -2.24. The average Bonchev–Trinajstić information content (AvgIpc) is 2.50. The zero-order valence-electron chi connectivity index (χ0n) is 12.4. The van der Waals surface area contributed by atoms with Gasteiger partial charge in [-0.15, -0.1) is 0 Å². The Morgan fingerprint density at radius 2 is 2.32 bits per heavy atom. The zero-order valence-corrected chi connectivity index (χ0v) is 13.9. The summed E-state index contributed by atoms with van der Waals surface area (Å²) in [5.74, 6) is 0. The van der Waals surface area contributed by atoms with Crippen LogP contribution in [0.25, 0.3) is 10.9 Å². The molecule has 0 aliphatic rings. The Kier molecular flexibility index (Phi) is 5.83. The Labute approximate surface area is 137 Å². The molecule has 2 rings (SSSR count). The van der Waals surface area contributed by atoms with Gasteiger partial charge in [0.2, 0.25) is 0 Å². The van der Waals surface area contributed by atoms with E-state index in [-0.39, 0.29) is 10.8 Å². The number of hydrogen-bond donors (Lipinski definition) is 0. The summed E-state index contributed by atoms with van der Waals surface area (Å²) in [7, 11) is 1.62. The van der Waals surface area contributed by atoms with Crippen LogP contribution in [-0.2, 0) is 11.3 Å². The van der Waals surface area contributed by atoms with Crippen molar-refractivity contribution in [3.8, 4) is 6.07 Å². The maximum absolute atomic E-state index is 12.7. The molecule has 0 aliphatic carbocycles. The van der Waals surface area contributed by atoms with E-state index in [2.05, 4.69) is 11.1 Å². The second-order valence-corrected chi connectivity index (χ2v) is 6.49. The van der Waals surface area contributed by atoms with Crippen molar-refractivity contribution in [1.82, 2.24) is 9.55 Å². The van der Waals surface area contributed by atoms with Crippen LogP contribution < -0.4 is 5.56 Å². The highest BCUT2D eigenvalue weighted by molar-refractivity contribution is 8.00.